The van der Waals surface area contributed by atoms with Gasteiger partial charge in [0.25, 0.3) is 0 Å². The minimum Gasteiger partial charge on any atom is -0.473 e. The van der Waals surface area contributed by atoms with Gasteiger partial charge in [-0.25, -0.2) is 14.6 Å². The Morgan fingerprint density at radius 3 is 2.22 bits per heavy atom. The lowest BCUT2D eigenvalue weighted by Gasteiger charge is -2.37. The number of aromatic nitrogens is 1. The van der Waals surface area contributed by atoms with Crippen molar-refractivity contribution in [3.05, 3.63) is 52.7 Å². The van der Waals surface area contributed by atoms with E-state index in [1.54, 1.807) is 0 Å². The molecule has 2 aromatic rings. The zero-order valence-corrected chi connectivity index (χ0v) is 19.8. The summed E-state index contributed by atoms with van der Waals surface area (Å²) < 4.78 is 38.4. The first-order chi connectivity index (χ1) is 17.0. The Morgan fingerprint density at radius 2 is 1.64 bits per heavy atom. The number of pyridine rings is 1. The first-order valence-corrected chi connectivity index (χ1v) is 11.4. The van der Waals surface area contributed by atoms with Gasteiger partial charge in [0.15, 0.2) is 0 Å². The van der Waals surface area contributed by atoms with Crippen LogP contribution in [0.15, 0.2) is 36.5 Å². The molecule has 2 N–H and O–H groups in total. The largest absolute Gasteiger partial charge is 0.473 e. The van der Waals surface area contributed by atoms with Gasteiger partial charge in [0, 0.05) is 44.6 Å². The van der Waals surface area contributed by atoms with E-state index >= 15 is 0 Å². The predicted octanol–water partition coefficient (Wildman–Crippen LogP) is 3.01. The molecule has 0 radical (unpaired) electrons. The second kappa shape index (κ2) is 11.6. The van der Waals surface area contributed by atoms with Crippen molar-refractivity contribution in [1.29, 1.82) is 0 Å². The third kappa shape index (κ3) is 6.85. The molecule has 1 aromatic carbocycles. The van der Waals surface area contributed by atoms with Crippen LogP contribution in [-0.4, -0.2) is 77.2 Å². The summed E-state index contributed by atoms with van der Waals surface area (Å²) in [5.41, 5.74) is 1.33. The minimum atomic E-state index is -4.47. The number of hydrogen-bond donors (Lipinski definition) is 2. The van der Waals surface area contributed by atoms with E-state index in [-0.39, 0.29) is 10.9 Å². The van der Waals surface area contributed by atoms with Crippen LogP contribution in [0.2, 0.25) is 5.02 Å². The molecule has 9 nitrogen and oxygen atoms in total. The van der Waals surface area contributed by atoms with E-state index in [1.165, 1.54) is 5.56 Å². The van der Waals surface area contributed by atoms with E-state index in [4.69, 9.17) is 31.4 Å². The molecule has 13 heteroatoms. The summed E-state index contributed by atoms with van der Waals surface area (Å²) >= 11 is 6.06. The molecule has 2 aliphatic rings. The number of carbonyl (C=O) groups is 3. The smallest absolute Gasteiger partial charge is 0.417 e. The fourth-order valence-corrected chi connectivity index (χ4v) is 4.29. The summed E-state index contributed by atoms with van der Waals surface area (Å²) in [7, 11) is 0. The van der Waals surface area contributed by atoms with Gasteiger partial charge in [-0.15, -0.1) is 0 Å². The van der Waals surface area contributed by atoms with Gasteiger partial charge < -0.3 is 20.0 Å². The van der Waals surface area contributed by atoms with Crippen molar-refractivity contribution in [2.75, 3.05) is 49.1 Å². The fourth-order valence-electron chi connectivity index (χ4n) is 4.01. The Bertz CT molecular complexity index is 1110. The number of aryl methyl sites for hydroxylation is 1. The minimum absolute atomic E-state index is 0.0146. The number of hydrogen-bond acceptors (Lipinski definition) is 6. The van der Waals surface area contributed by atoms with Crippen LogP contribution < -0.4 is 9.80 Å². The summed E-state index contributed by atoms with van der Waals surface area (Å²) in [4.78, 5) is 40.8. The Balaban J connectivity index is 0.000000538. The maximum atomic E-state index is 12.9. The maximum absolute atomic E-state index is 12.9. The topological polar surface area (TPSA) is 114 Å². The molecular weight excluding hydrogens is 505 g/mol. The predicted molar refractivity (Wildman–Crippen MR) is 125 cm³/mol. The van der Waals surface area contributed by atoms with Gasteiger partial charge in [0.2, 0.25) is 5.91 Å². The first-order valence-electron chi connectivity index (χ1n) is 11.0. The SMILES string of the molecule is O=C(CN1CCN(c2ncc(C(F)(F)F)cc2Cl)CC1)N1CCCc2ccccc21.O=C(O)C(=O)O. The summed E-state index contributed by atoms with van der Waals surface area (Å²) in [6.07, 6.45) is -1.72. The van der Waals surface area contributed by atoms with Gasteiger partial charge in [-0.1, -0.05) is 29.8 Å². The van der Waals surface area contributed by atoms with Gasteiger partial charge in [0.05, 0.1) is 17.1 Å². The number of amides is 1. The number of anilines is 2. The number of halogens is 4. The van der Waals surface area contributed by atoms with Crippen LogP contribution in [0, 0.1) is 0 Å². The van der Waals surface area contributed by atoms with Crippen molar-refractivity contribution >= 4 is 41.0 Å². The van der Waals surface area contributed by atoms with Gasteiger partial charge in [0.1, 0.15) is 5.82 Å². The van der Waals surface area contributed by atoms with Crippen LogP contribution in [0.3, 0.4) is 0 Å². The number of carbonyl (C=O) groups excluding carboxylic acids is 1. The zero-order valence-electron chi connectivity index (χ0n) is 19.0. The summed E-state index contributed by atoms with van der Waals surface area (Å²) in [5, 5.41) is 14.8. The molecule has 4 rings (SSSR count). The monoisotopic (exact) mass is 528 g/mol. The molecule has 0 aliphatic carbocycles. The van der Waals surface area contributed by atoms with Gasteiger partial charge >= 0.3 is 18.1 Å². The lowest BCUT2D eigenvalue weighted by Crippen LogP contribution is -2.51. The van der Waals surface area contributed by atoms with Gasteiger partial charge in [-0.3, -0.25) is 9.69 Å². The van der Waals surface area contributed by atoms with E-state index in [0.717, 1.165) is 37.3 Å². The Morgan fingerprint density at radius 1 is 1.00 bits per heavy atom. The summed E-state index contributed by atoms with van der Waals surface area (Å²) in [6.45, 7) is 3.35. The number of para-hydroxylation sites is 1. The van der Waals surface area contributed by atoms with Crippen LogP contribution in [0.5, 0.6) is 0 Å². The number of aliphatic carboxylic acids is 2. The number of alkyl halides is 3. The number of carboxylic acid groups (broad SMARTS) is 2. The van der Waals surface area contributed by atoms with Crippen molar-refractivity contribution in [2.45, 2.75) is 19.0 Å². The van der Waals surface area contributed by atoms with Crippen molar-refractivity contribution in [3.63, 3.8) is 0 Å². The molecule has 1 aromatic heterocycles. The molecule has 2 aliphatic heterocycles. The van der Waals surface area contributed by atoms with Crippen LogP contribution in [0.4, 0.5) is 24.7 Å². The Hall–Kier alpha value is -3.38. The fraction of sp³-hybridized carbons (Fsp3) is 0.391. The number of carboxylic acids is 2. The highest BCUT2D eigenvalue weighted by Crippen LogP contribution is 2.34. The van der Waals surface area contributed by atoms with E-state index in [0.29, 0.717) is 38.5 Å². The number of fused-ring (bicyclic) bond motifs is 1. The molecule has 1 fully saturated rings. The van der Waals surface area contributed by atoms with Crippen molar-refractivity contribution in [1.82, 2.24) is 9.88 Å². The highest BCUT2D eigenvalue weighted by atomic mass is 35.5. The molecule has 0 atom stereocenters. The normalized spacial score (nSPS) is 16.0. The highest BCUT2D eigenvalue weighted by molar-refractivity contribution is 6.33. The molecule has 3 heterocycles. The van der Waals surface area contributed by atoms with Crippen molar-refractivity contribution < 1.29 is 37.8 Å². The number of piperazine rings is 1. The van der Waals surface area contributed by atoms with E-state index in [1.807, 2.05) is 28.0 Å². The quantitative estimate of drug-likeness (QED) is 0.584. The van der Waals surface area contributed by atoms with E-state index in [9.17, 15) is 18.0 Å². The molecule has 36 heavy (non-hydrogen) atoms. The first kappa shape index (κ1) is 27.2. The van der Waals surface area contributed by atoms with Gasteiger partial charge in [-0.05, 0) is 30.5 Å². The molecule has 0 spiro atoms. The van der Waals surface area contributed by atoms with Crippen molar-refractivity contribution in [3.8, 4) is 0 Å². The molecule has 0 bridgehead atoms. The maximum Gasteiger partial charge on any atom is 0.417 e. The molecule has 0 unspecified atom stereocenters. The molecule has 0 saturated carbocycles. The molecular formula is C23H24ClF3N4O5. The number of nitrogens with zero attached hydrogens (tertiary/aromatic N) is 4. The Kier molecular flexibility index (Phi) is 8.75. The average Bonchev–Trinajstić information content (AvgIpc) is 2.84. The Labute approximate surface area is 209 Å². The number of rotatable bonds is 3. The lowest BCUT2D eigenvalue weighted by atomic mass is 10.0. The lowest BCUT2D eigenvalue weighted by molar-refractivity contribution is -0.159. The van der Waals surface area contributed by atoms with Crippen LogP contribution >= 0.6 is 11.6 Å². The number of benzene rings is 1. The molecule has 1 saturated heterocycles. The van der Waals surface area contributed by atoms with Crippen LogP contribution in [-0.2, 0) is 27.0 Å². The third-order valence-corrected chi connectivity index (χ3v) is 6.05. The molecule has 1 amide bonds. The third-order valence-electron chi connectivity index (χ3n) is 5.77. The highest BCUT2D eigenvalue weighted by Gasteiger charge is 2.32. The summed E-state index contributed by atoms with van der Waals surface area (Å²) in [5.74, 6) is -3.23. The van der Waals surface area contributed by atoms with E-state index in [2.05, 4.69) is 16.0 Å². The van der Waals surface area contributed by atoms with Crippen molar-refractivity contribution in [2.24, 2.45) is 0 Å². The molecule has 194 valence electrons. The van der Waals surface area contributed by atoms with Crippen LogP contribution in [0.1, 0.15) is 17.5 Å². The second-order valence-electron chi connectivity index (χ2n) is 8.18. The average molecular weight is 529 g/mol. The van der Waals surface area contributed by atoms with E-state index < -0.39 is 23.7 Å². The van der Waals surface area contributed by atoms with Gasteiger partial charge in [-0.2, -0.15) is 13.2 Å². The van der Waals surface area contributed by atoms with Crippen LogP contribution in [0.25, 0.3) is 0 Å². The standard InChI is InChI=1S/C21H22ClF3N4O.C2H2O4/c22-17-12-16(21(23,24)25)13-26-20(17)28-10-8-27(9-11-28)14-19(30)29-7-3-5-15-4-1-2-6-18(15)29;3-1(4)2(5)6/h1-2,4,6,12-13H,3,5,7-11,14H2;(H,3,4)(H,5,6). The summed E-state index contributed by atoms with van der Waals surface area (Å²) in [6, 6.07) is 8.90. The zero-order chi connectivity index (χ0) is 26.5. The second-order valence-corrected chi connectivity index (χ2v) is 8.59.